The molecule has 0 radical (unpaired) electrons. The van der Waals surface area contributed by atoms with Crippen LogP contribution in [0.15, 0.2) is 54.9 Å². The average Bonchev–Trinajstić information content (AvgIpc) is 2.73. The summed E-state index contributed by atoms with van der Waals surface area (Å²) in [6, 6.07) is 15.8. The van der Waals surface area contributed by atoms with E-state index in [-0.39, 0.29) is 6.03 Å². The first kappa shape index (κ1) is 18.2. The van der Waals surface area contributed by atoms with E-state index in [1.54, 1.807) is 0 Å². The monoisotopic (exact) mass is 376 g/mol. The molecule has 3 aromatic rings. The van der Waals surface area contributed by atoms with E-state index in [1.807, 2.05) is 30.3 Å². The molecule has 144 valence electrons. The van der Waals surface area contributed by atoms with Gasteiger partial charge >= 0.3 is 6.03 Å². The predicted octanol–water partition coefficient (Wildman–Crippen LogP) is 2.70. The third kappa shape index (κ3) is 4.20. The number of piperazine rings is 1. The van der Waals surface area contributed by atoms with Crippen molar-refractivity contribution in [2.45, 2.75) is 6.54 Å². The van der Waals surface area contributed by atoms with Gasteiger partial charge in [-0.2, -0.15) is 0 Å². The normalized spacial score (nSPS) is 14.8. The molecule has 4 rings (SSSR count). The second-order valence-corrected chi connectivity index (χ2v) is 7.00. The zero-order chi connectivity index (χ0) is 19.3. The molecule has 1 aliphatic heterocycles. The first-order valence-corrected chi connectivity index (χ1v) is 9.46. The van der Waals surface area contributed by atoms with Gasteiger partial charge in [0.15, 0.2) is 0 Å². The minimum atomic E-state index is -0.282. The zero-order valence-electron chi connectivity index (χ0n) is 15.9. The molecular formula is C21H24N6O. The van der Waals surface area contributed by atoms with Crippen molar-refractivity contribution < 1.29 is 4.79 Å². The SMILES string of the molecule is CN1CCN(c2cc(NC(=O)NCc3cccc4ccccc34)ncn2)CC1. The van der Waals surface area contributed by atoms with Crippen LogP contribution in [-0.4, -0.2) is 54.1 Å². The first-order chi connectivity index (χ1) is 13.7. The fourth-order valence-electron chi connectivity index (χ4n) is 3.41. The molecule has 0 spiro atoms. The summed E-state index contributed by atoms with van der Waals surface area (Å²) in [4.78, 5) is 25.4. The van der Waals surface area contributed by atoms with E-state index in [0.717, 1.165) is 48.3 Å². The number of benzene rings is 2. The van der Waals surface area contributed by atoms with E-state index in [2.05, 4.69) is 55.6 Å². The molecule has 28 heavy (non-hydrogen) atoms. The minimum Gasteiger partial charge on any atom is -0.354 e. The van der Waals surface area contributed by atoms with Crippen molar-refractivity contribution in [3.63, 3.8) is 0 Å². The summed E-state index contributed by atoms with van der Waals surface area (Å²) in [6.07, 6.45) is 1.49. The second-order valence-electron chi connectivity index (χ2n) is 7.00. The van der Waals surface area contributed by atoms with Crippen LogP contribution < -0.4 is 15.5 Å². The van der Waals surface area contributed by atoms with Gasteiger partial charge in [0.2, 0.25) is 0 Å². The average molecular weight is 376 g/mol. The van der Waals surface area contributed by atoms with E-state index >= 15 is 0 Å². The third-order valence-corrected chi connectivity index (χ3v) is 5.04. The number of hydrogen-bond donors (Lipinski definition) is 2. The van der Waals surface area contributed by atoms with Crippen LogP contribution in [0.25, 0.3) is 10.8 Å². The Hall–Kier alpha value is -3.19. The van der Waals surface area contributed by atoms with Crippen LogP contribution in [0.4, 0.5) is 16.4 Å². The summed E-state index contributed by atoms with van der Waals surface area (Å²) in [7, 11) is 2.12. The lowest BCUT2D eigenvalue weighted by molar-refractivity contribution is 0.251. The third-order valence-electron chi connectivity index (χ3n) is 5.04. The quantitative estimate of drug-likeness (QED) is 0.732. The highest BCUT2D eigenvalue weighted by molar-refractivity contribution is 5.89. The van der Waals surface area contributed by atoms with Gasteiger partial charge in [-0.1, -0.05) is 42.5 Å². The van der Waals surface area contributed by atoms with E-state index in [4.69, 9.17) is 0 Å². The lowest BCUT2D eigenvalue weighted by Crippen LogP contribution is -2.44. The maximum atomic E-state index is 12.3. The van der Waals surface area contributed by atoms with Crippen molar-refractivity contribution >= 4 is 28.4 Å². The molecule has 0 unspecified atom stereocenters. The molecular weight excluding hydrogens is 352 g/mol. The van der Waals surface area contributed by atoms with Crippen molar-refractivity contribution in [1.82, 2.24) is 20.2 Å². The molecule has 0 saturated carbocycles. The largest absolute Gasteiger partial charge is 0.354 e. The summed E-state index contributed by atoms with van der Waals surface area (Å²) in [5.41, 5.74) is 1.08. The van der Waals surface area contributed by atoms with E-state index in [1.165, 1.54) is 6.33 Å². The minimum absolute atomic E-state index is 0.282. The van der Waals surface area contributed by atoms with Crippen molar-refractivity contribution in [2.75, 3.05) is 43.4 Å². The van der Waals surface area contributed by atoms with Crippen LogP contribution in [0.3, 0.4) is 0 Å². The van der Waals surface area contributed by atoms with Crippen molar-refractivity contribution in [3.8, 4) is 0 Å². The Labute approximate surface area is 164 Å². The predicted molar refractivity (Wildman–Crippen MR) is 112 cm³/mol. The highest BCUT2D eigenvalue weighted by Gasteiger charge is 2.16. The number of aromatic nitrogens is 2. The fraction of sp³-hybridized carbons (Fsp3) is 0.286. The fourth-order valence-corrected chi connectivity index (χ4v) is 3.41. The molecule has 2 aromatic carbocycles. The molecule has 0 aliphatic carbocycles. The lowest BCUT2D eigenvalue weighted by Gasteiger charge is -2.33. The number of hydrogen-bond acceptors (Lipinski definition) is 5. The lowest BCUT2D eigenvalue weighted by atomic mass is 10.0. The van der Waals surface area contributed by atoms with Gasteiger partial charge in [0.25, 0.3) is 0 Å². The molecule has 7 heteroatoms. The number of rotatable bonds is 4. The molecule has 0 bridgehead atoms. The van der Waals surface area contributed by atoms with Crippen molar-refractivity contribution in [1.29, 1.82) is 0 Å². The van der Waals surface area contributed by atoms with Crippen LogP contribution in [0.5, 0.6) is 0 Å². The molecule has 2 N–H and O–H groups in total. The number of likely N-dealkylation sites (N-methyl/N-ethyl adjacent to an activating group) is 1. The summed E-state index contributed by atoms with van der Waals surface area (Å²) >= 11 is 0. The molecule has 2 heterocycles. The van der Waals surface area contributed by atoms with Gasteiger partial charge in [0.05, 0.1) is 0 Å². The van der Waals surface area contributed by atoms with E-state index < -0.39 is 0 Å². The summed E-state index contributed by atoms with van der Waals surface area (Å²) in [5, 5.41) is 8.03. The Kier molecular flexibility index (Phi) is 5.34. The Morgan fingerprint density at radius 3 is 2.68 bits per heavy atom. The Morgan fingerprint density at radius 1 is 1.04 bits per heavy atom. The molecule has 1 aromatic heterocycles. The van der Waals surface area contributed by atoms with Gasteiger partial charge in [-0.05, 0) is 23.4 Å². The van der Waals surface area contributed by atoms with Crippen molar-refractivity contribution in [2.24, 2.45) is 0 Å². The Bertz CT molecular complexity index is 963. The van der Waals surface area contributed by atoms with Crippen LogP contribution in [0.1, 0.15) is 5.56 Å². The van der Waals surface area contributed by atoms with Gasteiger partial charge in [-0.25, -0.2) is 14.8 Å². The summed E-state index contributed by atoms with van der Waals surface area (Å²) in [5.74, 6) is 1.34. The highest BCUT2D eigenvalue weighted by Crippen LogP contribution is 2.19. The number of carbonyl (C=O) groups excluding carboxylic acids is 1. The number of urea groups is 1. The summed E-state index contributed by atoms with van der Waals surface area (Å²) in [6.45, 7) is 4.28. The van der Waals surface area contributed by atoms with Crippen LogP contribution in [0.2, 0.25) is 0 Å². The van der Waals surface area contributed by atoms with Crippen LogP contribution >= 0.6 is 0 Å². The number of fused-ring (bicyclic) bond motifs is 1. The number of amides is 2. The van der Waals surface area contributed by atoms with E-state index in [0.29, 0.717) is 12.4 Å². The van der Waals surface area contributed by atoms with Crippen LogP contribution in [0, 0.1) is 0 Å². The van der Waals surface area contributed by atoms with Gasteiger partial charge in [0, 0.05) is 38.8 Å². The zero-order valence-corrected chi connectivity index (χ0v) is 15.9. The van der Waals surface area contributed by atoms with Gasteiger partial charge in [0.1, 0.15) is 18.0 Å². The number of nitrogens with one attached hydrogen (secondary N) is 2. The van der Waals surface area contributed by atoms with Gasteiger partial charge in [-0.3, -0.25) is 5.32 Å². The number of anilines is 2. The molecule has 1 fully saturated rings. The molecule has 1 aliphatic rings. The standard InChI is InChI=1S/C21H24N6O/c1-26-9-11-27(12-10-26)20-13-19(23-15-24-20)25-21(28)22-14-17-7-4-6-16-5-2-3-8-18(16)17/h2-8,13,15H,9-12,14H2,1H3,(H2,22,23,24,25,28). The maximum absolute atomic E-state index is 12.3. The maximum Gasteiger partial charge on any atom is 0.320 e. The smallest absolute Gasteiger partial charge is 0.320 e. The second kappa shape index (κ2) is 8.22. The molecule has 0 atom stereocenters. The number of carbonyl (C=O) groups is 1. The Balaban J connectivity index is 1.38. The highest BCUT2D eigenvalue weighted by atomic mass is 16.2. The number of nitrogens with zero attached hydrogens (tertiary/aromatic N) is 4. The van der Waals surface area contributed by atoms with Gasteiger partial charge in [-0.15, -0.1) is 0 Å². The van der Waals surface area contributed by atoms with Crippen LogP contribution in [-0.2, 0) is 6.54 Å². The Morgan fingerprint density at radius 2 is 1.82 bits per heavy atom. The molecule has 1 saturated heterocycles. The van der Waals surface area contributed by atoms with Crippen molar-refractivity contribution in [3.05, 3.63) is 60.4 Å². The molecule has 7 nitrogen and oxygen atoms in total. The summed E-state index contributed by atoms with van der Waals surface area (Å²) < 4.78 is 0. The van der Waals surface area contributed by atoms with E-state index in [9.17, 15) is 4.79 Å². The topological polar surface area (TPSA) is 73.4 Å². The molecule has 2 amide bonds. The van der Waals surface area contributed by atoms with Gasteiger partial charge < -0.3 is 15.1 Å². The first-order valence-electron chi connectivity index (χ1n) is 9.46.